The lowest BCUT2D eigenvalue weighted by Gasteiger charge is -2.11. The number of nitriles is 1. The molecule has 0 aliphatic heterocycles. The van der Waals surface area contributed by atoms with Gasteiger partial charge < -0.3 is 9.72 Å². The predicted octanol–water partition coefficient (Wildman–Crippen LogP) is 3.88. The highest BCUT2D eigenvalue weighted by atomic mass is 32.2. The van der Waals surface area contributed by atoms with Gasteiger partial charge in [-0.25, -0.2) is 9.37 Å². The molecule has 8 heteroatoms. The first kappa shape index (κ1) is 18.9. The standard InChI is InChI=1S/C17H17F2N3O2S/c1-3-4-5-6-24-13-8-10(7-12(18)14(13)19)15-11(9-20)16(23)22-17(21-15)25-2/h7-8H,3-6H2,1-2H3,(H,21,22,23). The number of hydrogen-bond donors (Lipinski definition) is 1. The van der Waals surface area contributed by atoms with Crippen LogP contribution in [0.1, 0.15) is 31.7 Å². The summed E-state index contributed by atoms with van der Waals surface area (Å²) in [5.74, 6) is -2.49. The number of unbranched alkanes of at least 4 members (excludes halogenated alkanes) is 2. The Morgan fingerprint density at radius 3 is 2.76 bits per heavy atom. The molecule has 0 radical (unpaired) electrons. The van der Waals surface area contributed by atoms with Gasteiger partial charge in [-0.05, 0) is 24.8 Å². The molecule has 1 heterocycles. The molecule has 0 amide bonds. The van der Waals surface area contributed by atoms with Crippen molar-refractivity contribution >= 4 is 11.8 Å². The fraction of sp³-hybridized carbons (Fsp3) is 0.353. The van der Waals surface area contributed by atoms with E-state index < -0.39 is 17.2 Å². The molecule has 25 heavy (non-hydrogen) atoms. The monoisotopic (exact) mass is 365 g/mol. The summed E-state index contributed by atoms with van der Waals surface area (Å²) in [5.41, 5.74) is -0.789. The van der Waals surface area contributed by atoms with Gasteiger partial charge in [0.15, 0.2) is 16.7 Å². The zero-order valence-electron chi connectivity index (χ0n) is 13.9. The van der Waals surface area contributed by atoms with Crippen molar-refractivity contribution in [1.29, 1.82) is 5.26 Å². The Bertz CT molecular complexity index is 862. The summed E-state index contributed by atoms with van der Waals surface area (Å²) >= 11 is 1.17. The summed E-state index contributed by atoms with van der Waals surface area (Å²) in [6.07, 6.45) is 4.29. The number of aromatic nitrogens is 2. The van der Waals surface area contributed by atoms with Crippen molar-refractivity contribution in [3.63, 3.8) is 0 Å². The molecule has 0 fully saturated rings. The van der Waals surface area contributed by atoms with Crippen LogP contribution in [0.2, 0.25) is 0 Å². The Balaban J connectivity index is 2.50. The quantitative estimate of drug-likeness (QED) is 0.458. The maximum Gasteiger partial charge on any atom is 0.270 e. The van der Waals surface area contributed by atoms with Crippen LogP contribution in [-0.4, -0.2) is 22.8 Å². The molecule has 0 saturated heterocycles. The zero-order chi connectivity index (χ0) is 18.4. The SMILES string of the molecule is CCCCCOc1cc(-c2nc(SC)[nH]c(=O)c2C#N)cc(F)c1F. The third kappa shape index (κ3) is 4.37. The second-order valence-corrected chi connectivity index (χ2v) is 6.03. The van der Waals surface area contributed by atoms with Gasteiger partial charge in [-0.1, -0.05) is 31.5 Å². The largest absolute Gasteiger partial charge is 0.490 e. The summed E-state index contributed by atoms with van der Waals surface area (Å²) in [6, 6.07) is 3.92. The van der Waals surface area contributed by atoms with Crippen LogP contribution >= 0.6 is 11.8 Å². The van der Waals surface area contributed by atoms with Crippen LogP contribution in [0, 0.1) is 23.0 Å². The molecular weight excluding hydrogens is 348 g/mol. The van der Waals surface area contributed by atoms with Gasteiger partial charge in [-0.2, -0.15) is 9.65 Å². The Morgan fingerprint density at radius 1 is 1.36 bits per heavy atom. The van der Waals surface area contributed by atoms with E-state index in [9.17, 15) is 18.8 Å². The van der Waals surface area contributed by atoms with Crippen molar-refractivity contribution in [2.75, 3.05) is 12.9 Å². The highest BCUT2D eigenvalue weighted by Crippen LogP contribution is 2.29. The molecule has 0 bridgehead atoms. The van der Waals surface area contributed by atoms with Gasteiger partial charge in [-0.15, -0.1) is 0 Å². The van der Waals surface area contributed by atoms with Crippen LogP contribution in [-0.2, 0) is 0 Å². The molecule has 2 rings (SSSR count). The number of ether oxygens (including phenoxy) is 1. The van der Waals surface area contributed by atoms with Crippen molar-refractivity contribution in [3.05, 3.63) is 39.7 Å². The topological polar surface area (TPSA) is 78.8 Å². The molecule has 0 spiro atoms. The second-order valence-electron chi connectivity index (χ2n) is 5.24. The molecule has 0 saturated carbocycles. The number of halogens is 2. The van der Waals surface area contributed by atoms with Crippen LogP contribution in [0.15, 0.2) is 22.1 Å². The van der Waals surface area contributed by atoms with Gasteiger partial charge in [0.25, 0.3) is 5.56 Å². The van der Waals surface area contributed by atoms with E-state index in [1.54, 1.807) is 12.3 Å². The van der Waals surface area contributed by atoms with Crippen LogP contribution in [0.4, 0.5) is 8.78 Å². The minimum Gasteiger partial charge on any atom is -0.490 e. The molecule has 5 nitrogen and oxygen atoms in total. The third-order valence-electron chi connectivity index (χ3n) is 3.48. The highest BCUT2D eigenvalue weighted by molar-refractivity contribution is 7.98. The summed E-state index contributed by atoms with van der Waals surface area (Å²) in [4.78, 5) is 18.6. The predicted molar refractivity (Wildman–Crippen MR) is 91.7 cm³/mol. The number of nitrogens with zero attached hydrogens (tertiary/aromatic N) is 2. The van der Waals surface area contributed by atoms with Gasteiger partial charge >= 0.3 is 0 Å². The van der Waals surface area contributed by atoms with E-state index >= 15 is 0 Å². The minimum absolute atomic E-state index is 0.00657. The summed E-state index contributed by atoms with van der Waals surface area (Å²) in [6.45, 7) is 2.27. The fourth-order valence-electron chi connectivity index (χ4n) is 2.20. The summed E-state index contributed by atoms with van der Waals surface area (Å²) in [7, 11) is 0. The van der Waals surface area contributed by atoms with Gasteiger partial charge in [0.2, 0.25) is 5.82 Å². The molecule has 132 valence electrons. The number of aromatic amines is 1. The van der Waals surface area contributed by atoms with Gasteiger partial charge in [0, 0.05) is 5.56 Å². The molecule has 1 aromatic carbocycles. The van der Waals surface area contributed by atoms with Crippen LogP contribution in [0.3, 0.4) is 0 Å². The van der Waals surface area contributed by atoms with E-state index in [4.69, 9.17) is 4.74 Å². The first-order chi connectivity index (χ1) is 12.0. The smallest absolute Gasteiger partial charge is 0.270 e. The van der Waals surface area contributed by atoms with Crippen molar-refractivity contribution in [2.45, 2.75) is 31.3 Å². The first-order valence-electron chi connectivity index (χ1n) is 7.72. The number of hydrogen-bond acceptors (Lipinski definition) is 5. The van der Waals surface area contributed by atoms with Gasteiger partial charge in [-0.3, -0.25) is 4.79 Å². The molecule has 0 unspecified atom stereocenters. The fourth-order valence-corrected chi connectivity index (χ4v) is 2.58. The summed E-state index contributed by atoms with van der Waals surface area (Å²) in [5, 5.41) is 9.47. The molecule has 0 atom stereocenters. The summed E-state index contributed by atoms with van der Waals surface area (Å²) < 4.78 is 33.2. The highest BCUT2D eigenvalue weighted by Gasteiger charge is 2.18. The van der Waals surface area contributed by atoms with E-state index in [0.29, 0.717) is 6.42 Å². The molecule has 0 aliphatic rings. The normalized spacial score (nSPS) is 10.5. The average Bonchev–Trinajstić information content (AvgIpc) is 2.61. The average molecular weight is 365 g/mol. The molecular formula is C17H17F2N3O2S. The van der Waals surface area contributed by atoms with E-state index in [2.05, 4.69) is 9.97 Å². The lowest BCUT2D eigenvalue weighted by molar-refractivity contribution is 0.286. The van der Waals surface area contributed by atoms with Crippen LogP contribution in [0.25, 0.3) is 11.3 Å². The van der Waals surface area contributed by atoms with E-state index in [1.807, 2.05) is 6.92 Å². The van der Waals surface area contributed by atoms with Crippen molar-refractivity contribution in [1.82, 2.24) is 9.97 Å². The van der Waals surface area contributed by atoms with E-state index in [-0.39, 0.29) is 34.3 Å². The first-order valence-corrected chi connectivity index (χ1v) is 8.94. The molecule has 0 aliphatic carbocycles. The number of rotatable bonds is 7. The Kier molecular flexibility index (Phi) is 6.53. The lowest BCUT2D eigenvalue weighted by atomic mass is 10.1. The minimum atomic E-state index is -1.13. The maximum atomic E-state index is 14.0. The van der Waals surface area contributed by atoms with Crippen molar-refractivity contribution < 1.29 is 13.5 Å². The second kappa shape index (κ2) is 8.62. The Labute approximate surface area is 148 Å². The third-order valence-corrected chi connectivity index (χ3v) is 4.06. The molecule has 2 aromatic rings. The molecule has 1 N–H and O–H groups in total. The number of benzene rings is 1. The van der Waals surface area contributed by atoms with Gasteiger partial charge in [0.1, 0.15) is 11.6 Å². The Morgan fingerprint density at radius 2 is 2.12 bits per heavy atom. The van der Waals surface area contributed by atoms with E-state index in [1.165, 1.54) is 17.8 Å². The van der Waals surface area contributed by atoms with Crippen molar-refractivity contribution in [2.24, 2.45) is 0 Å². The Hall–Kier alpha value is -2.40. The number of nitrogens with one attached hydrogen (secondary N) is 1. The lowest BCUT2D eigenvalue weighted by Crippen LogP contribution is -2.14. The number of H-pyrrole nitrogens is 1. The van der Waals surface area contributed by atoms with Gasteiger partial charge in [0.05, 0.1) is 12.3 Å². The molecule has 1 aromatic heterocycles. The zero-order valence-corrected chi connectivity index (χ0v) is 14.7. The van der Waals surface area contributed by atoms with Crippen molar-refractivity contribution in [3.8, 4) is 23.1 Å². The number of thioether (sulfide) groups is 1. The van der Waals surface area contributed by atoms with Crippen LogP contribution < -0.4 is 10.3 Å². The van der Waals surface area contributed by atoms with Crippen LogP contribution in [0.5, 0.6) is 5.75 Å². The maximum absolute atomic E-state index is 14.0. The van der Waals surface area contributed by atoms with E-state index in [0.717, 1.165) is 18.9 Å².